The van der Waals surface area contributed by atoms with Gasteiger partial charge in [0.15, 0.2) is 15.7 Å². The number of hydrogen-bond acceptors (Lipinski definition) is 8. The van der Waals surface area contributed by atoms with E-state index >= 15 is 0 Å². The Kier molecular flexibility index (Phi) is 10.0. The number of ether oxygens (including phenoxy) is 1. The summed E-state index contributed by atoms with van der Waals surface area (Å²) in [5.74, 6) is -1.29. The van der Waals surface area contributed by atoms with Gasteiger partial charge in [0.25, 0.3) is 11.6 Å². The van der Waals surface area contributed by atoms with Crippen LogP contribution in [0.3, 0.4) is 0 Å². The number of aryl methyl sites for hydroxylation is 1. The maximum atomic E-state index is 14.0. The van der Waals surface area contributed by atoms with E-state index in [0.29, 0.717) is 41.5 Å². The van der Waals surface area contributed by atoms with Gasteiger partial charge in [-0.15, -0.1) is 5.10 Å². The zero-order valence-corrected chi connectivity index (χ0v) is 26.8. The highest BCUT2D eigenvalue weighted by atomic mass is 32.2. The molecular weight excluding hydrogens is 618 g/mol. The van der Waals surface area contributed by atoms with E-state index in [9.17, 15) is 22.8 Å². The normalized spacial score (nSPS) is 15.9. The molecular formula is C35H35N5O6S. The summed E-state index contributed by atoms with van der Waals surface area (Å²) < 4.78 is 30.9. The summed E-state index contributed by atoms with van der Waals surface area (Å²) in [6.45, 7) is 3.48. The van der Waals surface area contributed by atoms with Crippen molar-refractivity contribution in [1.29, 1.82) is 0 Å². The van der Waals surface area contributed by atoms with Gasteiger partial charge in [0.1, 0.15) is 5.75 Å². The Hall–Kier alpha value is -5.49. The Morgan fingerprint density at radius 3 is 2.13 bits per heavy atom. The van der Waals surface area contributed by atoms with Gasteiger partial charge in [-0.25, -0.2) is 8.42 Å². The number of para-hydroxylation sites is 2. The molecule has 0 aromatic heterocycles. The van der Waals surface area contributed by atoms with Crippen LogP contribution in [0.15, 0.2) is 119 Å². The Labute approximate surface area is 273 Å². The van der Waals surface area contributed by atoms with E-state index in [1.807, 2.05) is 13.0 Å². The first kappa shape index (κ1) is 32.9. The lowest BCUT2D eigenvalue weighted by Crippen LogP contribution is -2.67. The third-order valence-corrected chi connectivity index (χ3v) is 9.16. The fourth-order valence-electron chi connectivity index (χ4n) is 4.93. The second-order valence-electron chi connectivity index (χ2n) is 11.0. The summed E-state index contributed by atoms with van der Waals surface area (Å²) >= 11 is 0. The number of amides is 3. The number of unbranched alkanes of at least 4 members (excludes halogenated alkanes) is 1. The largest absolute Gasteiger partial charge is 0.494 e. The molecule has 3 amide bonds. The van der Waals surface area contributed by atoms with Gasteiger partial charge in [-0.05, 0) is 80.4 Å². The summed E-state index contributed by atoms with van der Waals surface area (Å²) in [7, 11) is -3.36. The molecule has 3 N–H and O–H groups in total. The number of hydrazone groups is 1. The number of amidine groups is 1. The predicted octanol–water partition coefficient (Wildman–Crippen LogP) is 4.66. The van der Waals surface area contributed by atoms with E-state index in [-0.39, 0.29) is 17.2 Å². The summed E-state index contributed by atoms with van der Waals surface area (Å²) in [6, 6.07) is 30.6. The second-order valence-corrected chi connectivity index (χ2v) is 13.1. The molecule has 1 atom stereocenters. The van der Waals surface area contributed by atoms with Gasteiger partial charge >= 0.3 is 5.91 Å². The van der Waals surface area contributed by atoms with Crippen molar-refractivity contribution in [1.82, 2.24) is 10.6 Å². The molecule has 4 aromatic rings. The van der Waals surface area contributed by atoms with Crippen LogP contribution in [0.4, 0.5) is 11.4 Å². The van der Waals surface area contributed by atoms with E-state index in [1.165, 1.54) is 6.92 Å². The van der Waals surface area contributed by atoms with Crippen molar-refractivity contribution in [2.75, 3.05) is 22.7 Å². The van der Waals surface area contributed by atoms with Crippen LogP contribution in [0.25, 0.3) is 0 Å². The molecule has 1 aliphatic heterocycles. The van der Waals surface area contributed by atoms with Crippen molar-refractivity contribution >= 4 is 44.8 Å². The molecule has 47 heavy (non-hydrogen) atoms. The number of nitrogens with one attached hydrogen (secondary N) is 3. The average Bonchev–Trinajstić information content (AvgIpc) is 3.31. The fourth-order valence-corrected chi connectivity index (χ4v) is 6.30. The molecule has 1 aliphatic rings. The van der Waals surface area contributed by atoms with Gasteiger partial charge in [0.05, 0.1) is 22.9 Å². The van der Waals surface area contributed by atoms with Gasteiger partial charge < -0.3 is 20.7 Å². The number of nitrogens with zero attached hydrogens (tertiary/aromatic N) is 2. The van der Waals surface area contributed by atoms with Crippen LogP contribution < -0.4 is 25.7 Å². The molecule has 0 saturated heterocycles. The third-order valence-electron chi connectivity index (χ3n) is 7.34. The topological polar surface area (TPSA) is 146 Å². The smallest absolute Gasteiger partial charge is 0.302 e. The molecule has 0 aliphatic carbocycles. The van der Waals surface area contributed by atoms with Crippen LogP contribution in [0, 0.1) is 6.92 Å². The molecule has 4 aromatic carbocycles. The lowest BCUT2D eigenvalue weighted by atomic mass is 10.1. The van der Waals surface area contributed by atoms with Crippen LogP contribution in [-0.2, 0) is 19.4 Å². The van der Waals surface area contributed by atoms with Gasteiger partial charge in [-0.3, -0.25) is 14.4 Å². The van der Waals surface area contributed by atoms with Crippen LogP contribution >= 0.6 is 0 Å². The summed E-state index contributed by atoms with van der Waals surface area (Å²) in [6.07, 6.45) is 0.962. The number of sulfone groups is 1. The number of rotatable bonds is 12. The zero-order valence-electron chi connectivity index (χ0n) is 26.0. The SMILES string of the molecule is CC(=O)NC1(Nc2ccccc2)C(=O)N(c2ccccc2)N=C1NC(=O)c1ccc(OCCCCS(=O)(=O)c2ccc(C)cc2)cc1. The molecule has 1 heterocycles. The first-order valence-electron chi connectivity index (χ1n) is 15.0. The minimum absolute atomic E-state index is 0.0196. The number of benzene rings is 4. The van der Waals surface area contributed by atoms with E-state index in [2.05, 4.69) is 21.1 Å². The van der Waals surface area contributed by atoms with Crippen LogP contribution in [0.2, 0.25) is 0 Å². The summed E-state index contributed by atoms with van der Waals surface area (Å²) in [5, 5.41) is 14.1. The summed E-state index contributed by atoms with van der Waals surface area (Å²) in [4.78, 5) is 40.2. The van der Waals surface area contributed by atoms with Crippen molar-refractivity contribution in [3.63, 3.8) is 0 Å². The molecule has 0 spiro atoms. The lowest BCUT2D eigenvalue weighted by molar-refractivity contribution is -0.127. The first-order valence-corrected chi connectivity index (χ1v) is 16.7. The maximum Gasteiger partial charge on any atom is 0.302 e. The number of carbonyl (C=O) groups excluding carboxylic acids is 3. The first-order chi connectivity index (χ1) is 22.6. The van der Waals surface area contributed by atoms with Gasteiger partial charge in [-0.2, -0.15) is 5.01 Å². The monoisotopic (exact) mass is 653 g/mol. The van der Waals surface area contributed by atoms with Gasteiger partial charge in [0.2, 0.25) is 5.91 Å². The standard InChI is InChI=1S/C35H35N5O6S/c1-25-15-21-31(22-16-25)47(44,45)24-10-9-23-46-30-19-17-27(18-20-30)32(42)36-33-35(37-26(2)41,38-28-11-5-3-6-12-28)34(43)40(39-33)29-13-7-4-8-14-29/h3-8,11-22,38H,9-10,23-24H2,1-2H3,(H,37,41)(H,36,39,42). The van der Waals surface area contributed by atoms with E-state index < -0.39 is 33.2 Å². The van der Waals surface area contributed by atoms with Crippen molar-refractivity contribution < 1.29 is 27.5 Å². The molecule has 11 nitrogen and oxygen atoms in total. The van der Waals surface area contributed by atoms with Crippen molar-refractivity contribution in [3.8, 4) is 5.75 Å². The fraction of sp³-hybridized carbons (Fsp3) is 0.200. The van der Waals surface area contributed by atoms with Gasteiger partial charge in [-0.1, -0.05) is 54.1 Å². The zero-order chi connectivity index (χ0) is 33.4. The van der Waals surface area contributed by atoms with E-state index in [1.54, 1.807) is 103 Å². The van der Waals surface area contributed by atoms with Crippen LogP contribution in [0.1, 0.15) is 35.7 Å². The Balaban J connectivity index is 1.26. The molecule has 5 rings (SSSR count). The third kappa shape index (κ3) is 7.85. The Morgan fingerprint density at radius 1 is 0.851 bits per heavy atom. The molecule has 242 valence electrons. The Morgan fingerprint density at radius 2 is 1.49 bits per heavy atom. The highest BCUT2D eigenvalue weighted by Crippen LogP contribution is 2.28. The quantitative estimate of drug-likeness (QED) is 0.149. The molecule has 0 saturated carbocycles. The van der Waals surface area contributed by atoms with Crippen LogP contribution in [-0.4, -0.2) is 50.0 Å². The lowest BCUT2D eigenvalue weighted by Gasteiger charge is -2.31. The maximum absolute atomic E-state index is 14.0. The van der Waals surface area contributed by atoms with Crippen molar-refractivity contribution in [3.05, 3.63) is 120 Å². The minimum Gasteiger partial charge on any atom is -0.494 e. The molecule has 0 radical (unpaired) electrons. The average molecular weight is 654 g/mol. The number of hydrogen-bond donors (Lipinski definition) is 3. The molecule has 1 unspecified atom stereocenters. The second kappa shape index (κ2) is 14.3. The molecule has 0 bridgehead atoms. The van der Waals surface area contributed by atoms with Crippen molar-refractivity contribution in [2.24, 2.45) is 5.10 Å². The van der Waals surface area contributed by atoms with E-state index in [4.69, 9.17) is 4.74 Å². The number of anilines is 2. The van der Waals surface area contributed by atoms with Gasteiger partial charge in [0, 0.05) is 18.2 Å². The minimum atomic E-state index is -3.36. The molecule has 0 fully saturated rings. The molecule has 12 heteroatoms. The Bertz CT molecular complexity index is 1870. The van der Waals surface area contributed by atoms with E-state index in [0.717, 1.165) is 10.6 Å². The summed E-state index contributed by atoms with van der Waals surface area (Å²) in [5.41, 5.74) is 0.304. The predicted molar refractivity (Wildman–Crippen MR) is 180 cm³/mol. The van der Waals surface area contributed by atoms with Crippen LogP contribution in [0.5, 0.6) is 5.75 Å². The van der Waals surface area contributed by atoms with Crippen molar-refractivity contribution in [2.45, 2.75) is 37.2 Å². The highest BCUT2D eigenvalue weighted by Gasteiger charge is 2.54. The highest BCUT2D eigenvalue weighted by molar-refractivity contribution is 7.91. The number of carbonyl (C=O) groups is 3.